The topological polar surface area (TPSA) is 95.9 Å². The number of aliphatic hydroxyl groups is 2. The van der Waals surface area contributed by atoms with Crippen LogP contribution in [0.15, 0.2) is 24.3 Å². The predicted octanol–water partition coefficient (Wildman–Crippen LogP) is 24.1. The molecule has 2 unspecified atom stereocenters. The summed E-state index contributed by atoms with van der Waals surface area (Å²) in [6, 6.07) is -0.537. The lowest BCUT2D eigenvalue weighted by Gasteiger charge is -2.22. The molecule has 0 aliphatic heterocycles. The molecule has 0 radical (unpaired) electrons. The van der Waals surface area contributed by atoms with Crippen molar-refractivity contribution < 1.29 is 24.5 Å². The van der Waals surface area contributed by atoms with Gasteiger partial charge in [0.15, 0.2) is 0 Å². The summed E-state index contributed by atoms with van der Waals surface area (Å²) in [5.74, 6) is -0.0151. The number of carbonyl (C=O) groups is 2. The molecule has 3 N–H and O–H groups in total. The van der Waals surface area contributed by atoms with Crippen LogP contribution in [-0.4, -0.2) is 47.4 Å². The first kappa shape index (κ1) is 79.3. The highest BCUT2D eigenvalue weighted by Gasteiger charge is 2.20. The smallest absolute Gasteiger partial charge is 0.305 e. The highest BCUT2D eigenvalue weighted by molar-refractivity contribution is 5.76. The number of allylic oxidation sites excluding steroid dienone is 4. The fourth-order valence-corrected chi connectivity index (χ4v) is 11.8. The van der Waals surface area contributed by atoms with Gasteiger partial charge in [0.2, 0.25) is 5.91 Å². The molecule has 0 saturated carbocycles. The Morgan fingerprint density at radius 1 is 0.333 bits per heavy atom. The third kappa shape index (κ3) is 67.3. The van der Waals surface area contributed by atoms with Gasteiger partial charge in [0.05, 0.1) is 25.4 Å². The first-order valence-corrected chi connectivity index (χ1v) is 37.1. The van der Waals surface area contributed by atoms with Crippen LogP contribution in [0.25, 0.3) is 0 Å². The second-order valence-electron chi connectivity index (χ2n) is 25.6. The van der Waals surface area contributed by atoms with E-state index in [0.717, 1.165) is 44.9 Å². The summed E-state index contributed by atoms with van der Waals surface area (Å²) in [5.41, 5.74) is 0. The number of unbranched alkanes of at least 4 members (excludes halogenated alkanes) is 55. The number of hydrogen-bond acceptors (Lipinski definition) is 5. The van der Waals surface area contributed by atoms with Crippen LogP contribution in [-0.2, 0) is 14.3 Å². The van der Waals surface area contributed by atoms with Crippen LogP contribution < -0.4 is 5.32 Å². The summed E-state index contributed by atoms with van der Waals surface area (Å²) in [4.78, 5) is 24.6. The average molecular weight is 1140 g/mol. The fourth-order valence-electron chi connectivity index (χ4n) is 11.8. The van der Waals surface area contributed by atoms with E-state index in [9.17, 15) is 19.8 Å². The molecule has 0 spiro atoms. The number of amides is 1. The molecule has 0 heterocycles. The Balaban J connectivity index is 3.31. The SMILES string of the molecule is CCCCCCCC/C=C\CCCCCCCC(=O)OCCCCCCCCCCCCCCCCCC/C=C\CCCCCCCCCCCCCCCCCCCC(=O)NC(CO)C(O)CCCCCCCCCCCCCC. The van der Waals surface area contributed by atoms with E-state index < -0.39 is 12.1 Å². The van der Waals surface area contributed by atoms with Gasteiger partial charge in [-0.25, -0.2) is 0 Å². The lowest BCUT2D eigenvalue weighted by atomic mass is 10.0. The van der Waals surface area contributed by atoms with Crippen molar-refractivity contribution >= 4 is 11.9 Å². The van der Waals surface area contributed by atoms with Gasteiger partial charge in [-0.1, -0.05) is 353 Å². The Kier molecular flexibility index (Phi) is 69.4. The standard InChI is InChI=1S/C75H145NO5/c1-3-5-7-9-11-13-15-17-41-45-49-53-57-61-65-69-75(80)81-70-66-62-58-54-50-46-43-40-38-36-34-32-30-28-26-24-22-20-18-19-21-23-25-27-29-31-33-35-37-39-42-44-48-52-56-60-64-68-74(79)76-72(71-77)73(78)67-63-59-55-51-47-16-14-12-10-8-6-4-2/h17-18,20,41,72-73,77-78H,3-16,19,21-40,42-71H2,1-2H3,(H,76,79)/b20-18-,41-17-. The molecule has 6 heteroatoms. The molecule has 0 aliphatic rings. The van der Waals surface area contributed by atoms with Crippen molar-refractivity contribution in [2.45, 2.75) is 431 Å². The summed E-state index contributed by atoms with van der Waals surface area (Å²) >= 11 is 0. The van der Waals surface area contributed by atoms with E-state index in [-0.39, 0.29) is 18.5 Å². The first-order chi connectivity index (χ1) is 40.0. The Bertz CT molecular complexity index is 1270. The van der Waals surface area contributed by atoms with Gasteiger partial charge >= 0.3 is 5.97 Å². The van der Waals surface area contributed by atoms with E-state index in [1.165, 1.54) is 340 Å². The molecular weight excluding hydrogens is 995 g/mol. The minimum atomic E-state index is -0.660. The third-order valence-corrected chi connectivity index (χ3v) is 17.5. The number of aliphatic hydroxyl groups excluding tert-OH is 2. The molecular formula is C75H145NO5. The third-order valence-electron chi connectivity index (χ3n) is 17.5. The van der Waals surface area contributed by atoms with Crippen LogP contribution in [0.3, 0.4) is 0 Å². The maximum atomic E-state index is 12.5. The molecule has 480 valence electrons. The second-order valence-corrected chi connectivity index (χ2v) is 25.6. The van der Waals surface area contributed by atoms with Crippen LogP contribution in [0.1, 0.15) is 418 Å². The van der Waals surface area contributed by atoms with Gasteiger partial charge in [0.25, 0.3) is 0 Å². The second kappa shape index (κ2) is 70.8. The van der Waals surface area contributed by atoms with Crippen molar-refractivity contribution in [2.24, 2.45) is 0 Å². The highest BCUT2D eigenvalue weighted by Crippen LogP contribution is 2.19. The summed E-state index contributed by atoms with van der Waals surface area (Å²) in [5, 5.41) is 23.3. The molecule has 0 saturated heterocycles. The molecule has 0 aromatic rings. The quantitative estimate of drug-likeness (QED) is 0.0320. The zero-order chi connectivity index (χ0) is 58.5. The summed E-state index contributed by atoms with van der Waals surface area (Å²) in [7, 11) is 0. The van der Waals surface area contributed by atoms with E-state index in [2.05, 4.69) is 43.5 Å². The number of ether oxygens (including phenoxy) is 1. The van der Waals surface area contributed by atoms with Crippen molar-refractivity contribution in [3.8, 4) is 0 Å². The van der Waals surface area contributed by atoms with E-state index in [0.29, 0.717) is 25.9 Å². The maximum absolute atomic E-state index is 12.5. The summed E-state index contributed by atoms with van der Waals surface area (Å²) < 4.78 is 5.50. The largest absolute Gasteiger partial charge is 0.466 e. The van der Waals surface area contributed by atoms with Gasteiger partial charge in [-0.15, -0.1) is 0 Å². The summed E-state index contributed by atoms with van der Waals surface area (Å²) in [6.07, 6.45) is 89.8. The van der Waals surface area contributed by atoms with E-state index in [4.69, 9.17) is 4.74 Å². The van der Waals surface area contributed by atoms with Crippen LogP contribution in [0, 0.1) is 0 Å². The molecule has 0 aromatic carbocycles. The molecule has 1 amide bonds. The monoisotopic (exact) mass is 1140 g/mol. The minimum absolute atomic E-state index is 0.0141. The Morgan fingerprint density at radius 3 is 0.877 bits per heavy atom. The highest BCUT2D eigenvalue weighted by atomic mass is 16.5. The van der Waals surface area contributed by atoms with Crippen LogP contribution in [0.5, 0.6) is 0 Å². The minimum Gasteiger partial charge on any atom is -0.466 e. The van der Waals surface area contributed by atoms with Gasteiger partial charge < -0.3 is 20.3 Å². The van der Waals surface area contributed by atoms with Crippen LogP contribution in [0.2, 0.25) is 0 Å². The number of rotatable bonds is 70. The molecule has 6 nitrogen and oxygen atoms in total. The lowest BCUT2D eigenvalue weighted by molar-refractivity contribution is -0.143. The molecule has 0 fully saturated rings. The van der Waals surface area contributed by atoms with Crippen molar-refractivity contribution in [3.63, 3.8) is 0 Å². The molecule has 0 rings (SSSR count). The Morgan fingerprint density at radius 2 is 0.580 bits per heavy atom. The molecule has 2 atom stereocenters. The predicted molar refractivity (Wildman–Crippen MR) is 356 cm³/mol. The van der Waals surface area contributed by atoms with Crippen molar-refractivity contribution in [1.29, 1.82) is 0 Å². The maximum Gasteiger partial charge on any atom is 0.305 e. The van der Waals surface area contributed by atoms with Crippen LogP contribution >= 0.6 is 0 Å². The number of esters is 1. The number of nitrogens with one attached hydrogen (secondary N) is 1. The first-order valence-electron chi connectivity index (χ1n) is 37.1. The Hall–Kier alpha value is -1.66. The zero-order valence-electron chi connectivity index (χ0n) is 55.0. The molecule has 81 heavy (non-hydrogen) atoms. The van der Waals surface area contributed by atoms with Crippen molar-refractivity contribution in [3.05, 3.63) is 24.3 Å². The zero-order valence-corrected chi connectivity index (χ0v) is 55.0. The molecule has 0 aliphatic carbocycles. The summed E-state index contributed by atoms with van der Waals surface area (Å²) in [6.45, 7) is 4.97. The van der Waals surface area contributed by atoms with Gasteiger partial charge in [-0.2, -0.15) is 0 Å². The normalized spacial score (nSPS) is 12.6. The number of hydrogen-bond donors (Lipinski definition) is 3. The van der Waals surface area contributed by atoms with Gasteiger partial charge in [0.1, 0.15) is 0 Å². The molecule has 0 aromatic heterocycles. The van der Waals surface area contributed by atoms with Crippen molar-refractivity contribution in [2.75, 3.05) is 13.2 Å². The Labute approximate surface area is 507 Å². The van der Waals surface area contributed by atoms with E-state index in [1.54, 1.807) is 0 Å². The van der Waals surface area contributed by atoms with Gasteiger partial charge in [0, 0.05) is 12.8 Å². The van der Waals surface area contributed by atoms with Gasteiger partial charge in [-0.05, 0) is 77.0 Å². The average Bonchev–Trinajstić information content (AvgIpc) is 3.47. The van der Waals surface area contributed by atoms with E-state index in [1.807, 2.05) is 0 Å². The van der Waals surface area contributed by atoms with Crippen molar-refractivity contribution in [1.82, 2.24) is 5.32 Å². The fraction of sp³-hybridized carbons (Fsp3) is 0.920. The molecule has 0 bridgehead atoms. The number of carbonyl (C=O) groups excluding carboxylic acids is 2. The van der Waals surface area contributed by atoms with Crippen LogP contribution in [0.4, 0.5) is 0 Å². The van der Waals surface area contributed by atoms with E-state index >= 15 is 0 Å². The van der Waals surface area contributed by atoms with Gasteiger partial charge in [-0.3, -0.25) is 9.59 Å². The lowest BCUT2D eigenvalue weighted by Crippen LogP contribution is -2.45.